The van der Waals surface area contributed by atoms with Crippen molar-refractivity contribution >= 4 is 33.3 Å². The maximum Gasteiger partial charge on any atom is 0.339 e. The molecule has 0 heterocycles. The van der Waals surface area contributed by atoms with Gasteiger partial charge in [-0.05, 0) is 12.1 Å². The number of hydrogen-bond acceptors (Lipinski definition) is 5. The Morgan fingerprint density at radius 1 is 1.40 bits per heavy atom. The average molecular weight is 324 g/mol. The van der Waals surface area contributed by atoms with Crippen LogP contribution in [0.5, 0.6) is 5.75 Å². The van der Waals surface area contributed by atoms with E-state index >= 15 is 0 Å². The normalized spacial score (nSPS) is 11.2. The number of aromatic carboxylic acids is 1. The SMILES string of the molecule is COCCS(=O)(=O)Nc1c(OC)ccc(Cl)c1C(=O)O. The summed E-state index contributed by atoms with van der Waals surface area (Å²) in [5.41, 5.74) is -0.574. The van der Waals surface area contributed by atoms with Crippen molar-refractivity contribution < 1.29 is 27.8 Å². The Bertz CT molecular complexity index is 601. The van der Waals surface area contributed by atoms with Gasteiger partial charge in [-0.15, -0.1) is 0 Å². The molecule has 0 saturated carbocycles. The number of carboxylic acids is 1. The topological polar surface area (TPSA) is 102 Å². The fraction of sp³-hybridized carbons (Fsp3) is 0.364. The molecule has 0 aliphatic carbocycles. The Kier molecular flexibility index (Phi) is 5.61. The summed E-state index contributed by atoms with van der Waals surface area (Å²) in [4.78, 5) is 11.2. The Labute approximate surface area is 121 Å². The fourth-order valence-electron chi connectivity index (χ4n) is 1.44. The lowest BCUT2D eigenvalue weighted by molar-refractivity contribution is 0.0698. The molecule has 1 aromatic rings. The minimum absolute atomic E-state index is 0.0272. The van der Waals surface area contributed by atoms with Gasteiger partial charge in [0.2, 0.25) is 10.0 Å². The van der Waals surface area contributed by atoms with Crippen molar-refractivity contribution in [1.82, 2.24) is 0 Å². The number of benzene rings is 1. The maximum atomic E-state index is 11.8. The molecule has 20 heavy (non-hydrogen) atoms. The first kappa shape index (κ1) is 16.5. The van der Waals surface area contributed by atoms with Crippen molar-refractivity contribution in [2.24, 2.45) is 0 Å². The van der Waals surface area contributed by atoms with E-state index in [-0.39, 0.29) is 34.4 Å². The number of halogens is 1. The second-order valence-corrected chi connectivity index (χ2v) is 5.97. The van der Waals surface area contributed by atoms with Gasteiger partial charge in [0.25, 0.3) is 0 Å². The number of carboxylic acid groups (broad SMARTS) is 1. The van der Waals surface area contributed by atoms with Crippen molar-refractivity contribution in [3.8, 4) is 5.75 Å². The lowest BCUT2D eigenvalue weighted by Gasteiger charge is -2.15. The van der Waals surface area contributed by atoms with Gasteiger partial charge in [0.05, 0.1) is 24.5 Å². The van der Waals surface area contributed by atoms with E-state index in [1.54, 1.807) is 0 Å². The lowest BCUT2D eigenvalue weighted by atomic mass is 10.1. The van der Waals surface area contributed by atoms with Gasteiger partial charge in [-0.2, -0.15) is 0 Å². The molecule has 0 saturated heterocycles. The van der Waals surface area contributed by atoms with Crippen molar-refractivity contribution in [3.63, 3.8) is 0 Å². The Hall–Kier alpha value is -1.51. The van der Waals surface area contributed by atoms with E-state index in [1.807, 2.05) is 0 Å². The molecule has 9 heteroatoms. The Balaban J connectivity index is 3.28. The third-order valence-electron chi connectivity index (χ3n) is 2.36. The lowest BCUT2D eigenvalue weighted by Crippen LogP contribution is -2.21. The van der Waals surface area contributed by atoms with E-state index in [2.05, 4.69) is 9.46 Å². The molecule has 0 atom stereocenters. The zero-order valence-electron chi connectivity index (χ0n) is 10.8. The summed E-state index contributed by atoms with van der Waals surface area (Å²) >= 11 is 5.79. The standard InChI is InChI=1S/C11H14ClNO6S/c1-18-5-6-20(16,17)13-10-8(19-2)4-3-7(12)9(10)11(14)15/h3-4,13H,5-6H2,1-2H3,(H,14,15). The second-order valence-electron chi connectivity index (χ2n) is 3.72. The van der Waals surface area contributed by atoms with Crippen LogP contribution in [0.25, 0.3) is 0 Å². The first-order valence-corrected chi connectivity index (χ1v) is 7.44. The van der Waals surface area contributed by atoms with Gasteiger partial charge in [0.15, 0.2) is 0 Å². The average Bonchev–Trinajstić information content (AvgIpc) is 2.36. The van der Waals surface area contributed by atoms with Gasteiger partial charge in [-0.3, -0.25) is 4.72 Å². The quantitative estimate of drug-likeness (QED) is 0.787. The van der Waals surface area contributed by atoms with Crippen LogP contribution >= 0.6 is 11.6 Å². The van der Waals surface area contributed by atoms with E-state index in [4.69, 9.17) is 21.4 Å². The molecule has 0 aromatic heterocycles. The van der Waals surface area contributed by atoms with Crippen LogP contribution in [0.15, 0.2) is 12.1 Å². The minimum atomic E-state index is -3.78. The molecule has 2 N–H and O–H groups in total. The highest BCUT2D eigenvalue weighted by atomic mass is 35.5. The monoisotopic (exact) mass is 323 g/mol. The van der Waals surface area contributed by atoms with Gasteiger partial charge in [-0.25, -0.2) is 13.2 Å². The van der Waals surface area contributed by atoms with Crippen LogP contribution in [-0.2, 0) is 14.8 Å². The van der Waals surface area contributed by atoms with E-state index in [0.717, 1.165) is 0 Å². The van der Waals surface area contributed by atoms with E-state index in [9.17, 15) is 13.2 Å². The summed E-state index contributed by atoms with van der Waals surface area (Å²) in [5, 5.41) is 9.05. The smallest absolute Gasteiger partial charge is 0.339 e. The number of hydrogen-bond donors (Lipinski definition) is 2. The van der Waals surface area contributed by atoms with Crippen LogP contribution in [0.3, 0.4) is 0 Å². The molecule has 0 aliphatic heterocycles. The van der Waals surface area contributed by atoms with Gasteiger partial charge < -0.3 is 14.6 Å². The summed E-state index contributed by atoms with van der Waals surface area (Å²) in [5.74, 6) is -1.62. The molecule has 0 unspecified atom stereocenters. The predicted molar refractivity (Wildman–Crippen MR) is 74.2 cm³/mol. The zero-order chi connectivity index (χ0) is 15.3. The van der Waals surface area contributed by atoms with Crippen LogP contribution in [-0.4, -0.2) is 46.1 Å². The highest BCUT2D eigenvalue weighted by Gasteiger charge is 2.23. The van der Waals surface area contributed by atoms with Crippen LogP contribution in [0.4, 0.5) is 5.69 Å². The molecular formula is C11H14ClNO6S. The summed E-state index contributed by atoms with van der Waals surface area (Å²) in [6, 6.07) is 2.69. The molecule has 7 nitrogen and oxygen atoms in total. The molecule has 0 fully saturated rings. The summed E-state index contributed by atoms with van der Waals surface area (Å²) < 4.78 is 35.5. The van der Waals surface area contributed by atoms with E-state index in [1.165, 1.54) is 26.4 Å². The van der Waals surface area contributed by atoms with Gasteiger partial charge in [0, 0.05) is 7.11 Å². The maximum absolute atomic E-state index is 11.8. The molecular weight excluding hydrogens is 310 g/mol. The zero-order valence-corrected chi connectivity index (χ0v) is 12.4. The Morgan fingerprint density at radius 3 is 2.55 bits per heavy atom. The Morgan fingerprint density at radius 2 is 2.05 bits per heavy atom. The third kappa shape index (κ3) is 3.99. The molecule has 0 spiro atoms. The number of anilines is 1. The molecule has 0 aliphatic rings. The molecule has 1 rings (SSSR count). The minimum Gasteiger partial charge on any atom is -0.495 e. The predicted octanol–water partition coefficient (Wildman–Crippen LogP) is 1.43. The van der Waals surface area contributed by atoms with Crippen LogP contribution < -0.4 is 9.46 Å². The van der Waals surface area contributed by atoms with Gasteiger partial charge in [0.1, 0.15) is 17.0 Å². The first-order valence-electron chi connectivity index (χ1n) is 5.41. The van der Waals surface area contributed by atoms with Crippen molar-refractivity contribution in [3.05, 3.63) is 22.7 Å². The highest BCUT2D eigenvalue weighted by molar-refractivity contribution is 7.92. The largest absolute Gasteiger partial charge is 0.495 e. The van der Waals surface area contributed by atoms with Crippen LogP contribution in [0, 0.1) is 0 Å². The molecule has 0 radical (unpaired) electrons. The van der Waals surface area contributed by atoms with Crippen LogP contribution in [0.2, 0.25) is 5.02 Å². The van der Waals surface area contributed by atoms with E-state index < -0.39 is 16.0 Å². The van der Waals surface area contributed by atoms with Crippen molar-refractivity contribution in [2.75, 3.05) is 31.3 Å². The number of rotatable bonds is 7. The van der Waals surface area contributed by atoms with Crippen molar-refractivity contribution in [2.45, 2.75) is 0 Å². The molecule has 0 bridgehead atoms. The first-order chi connectivity index (χ1) is 9.32. The second kappa shape index (κ2) is 6.78. The molecule has 1 aromatic carbocycles. The van der Waals surface area contributed by atoms with Gasteiger partial charge in [-0.1, -0.05) is 11.6 Å². The third-order valence-corrected chi connectivity index (χ3v) is 3.90. The molecule has 0 amide bonds. The number of carbonyl (C=O) groups is 1. The number of sulfonamides is 1. The summed E-state index contributed by atoms with van der Waals surface area (Å²) in [6.45, 7) is -0.0272. The number of nitrogens with one attached hydrogen (secondary N) is 1. The molecule has 112 valence electrons. The fourth-order valence-corrected chi connectivity index (χ4v) is 2.68. The summed E-state index contributed by atoms with van der Waals surface area (Å²) in [6.07, 6.45) is 0. The van der Waals surface area contributed by atoms with E-state index in [0.29, 0.717) is 0 Å². The number of methoxy groups -OCH3 is 2. The summed E-state index contributed by atoms with van der Waals surface area (Å²) in [7, 11) is -1.13. The highest BCUT2D eigenvalue weighted by Crippen LogP contribution is 2.34. The van der Waals surface area contributed by atoms with Crippen LogP contribution in [0.1, 0.15) is 10.4 Å². The van der Waals surface area contributed by atoms with Gasteiger partial charge >= 0.3 is 5.97 Å². The number of ether oxygens (including phenoxy) is 2. The van der Waals surface area contributed by atoms with Crippen molar-refractivity contribution in [1.29, 1.82) is 0 Å².